The van der Waals surface area contributed by atoms with Gasteiger partial charge in [-0.15, -0.1) is 5.10 Å². The number of hydrogen-bond donors (Lipinski definition) is 1. The number of aromatic nitrogens is 4. The summed E-state index contributed by atoms with van der Waals surface area (Å²) >= 11 is 1.30. The fourth-order valence-corrected chi connectivity index (χ4v) is 3.67. The number of hydrogen-bond acceptors (Lipinski definition) is 6. The summed E-state index contributed by atoms with van der Waals surface area (Å²) in [7, 11) is 0. The Labute approximate surface area is 193 Å². The largest absolute Gasteiger partial charge is 0.326 e. The number of unbranched alkanes of at least 4 members (excludes halogenated alkanes) is 1. The number of aryl methyl sites for hydroxylation is 1. The second-order valence-corrected chi connectivity index (χ2v) is 9.58. The summed E-state index contributed by atoms with van der Waals surface area (Å²) in [6.07, 6.45) is 3.39. The number of thioether (sulfide) groups is 1. The Morgan fingerprint density at radius 3 is 2.34 bits per heavy atom. The molecule has 3 rings (SSSR count). The standard InChI is InChI=1S/C24H29N5O2S/c1-5-6-7-17-8-14-20(15-9-17)29-23(26-27-28-29)32-16-21(30)18-10-12-19(13-11-18)25-22(31)24(2,3)4/h8-15H,5-7,16H2,1-4H3,(H,25,31). The van der Waals surface area contributed by atoms with Gasteiger partial charge in [-0.1, -0.05) is 58.0 Å². The van der Waals surface area contributed by atoms with Gasteiger partial charge in [-0.3, -0.25) is 9.59 Å². The lowest BCUT2D eigenvalue weighted by Gasteiger charge is -2.17. The lowest BCUT2D eigenvalue weighted by atomic mass is 9.95. The molecule has 0 bridgehead atoms. The van der Waals surface area contributed by atoms with Crippen molar-refractivity contribution in [2.75, 3.05) is 11.1 Å². The van der Waals surface area contributed by atoms with Crippen LogP contribution >= 0.6 is 11.8 Å². The SMILES string of the molecule is CCCCc1ccc(-n2nnnc2SCC(=O)c2ccc(NC(=O)C(C)(C)C)cc2)cc1. The van der Waals surface area contributed by atoms with Crippen molar-refractivity contribution in [1.29, 1.82) is 0 Å². The lowest BCUT2D eigenvalue weighted by molar-refractivity contribution is -0.123. The Kier molecular flexibility index (Phi) is 7.80. The highest BCUT2D eigenvalue weighted by atomic mass is 32.2. The average molecular weight is 452 g/mol. The predicted molar refractivity (Wildman–Crippen MR) is 127 cm³/mol. The first-order valence-corrected chi connectivity index (χ1v) is 11.7. The quantitative estimate of drug-likeness (QED) is 0.365. The van der Waals surface area contributed by atoms with E-state index in [1.165, 1.54) is 17.3 Å². The summed E-state index contributed by atoms with van der Waals surface area (Å²) in [4.78, 5) is 24.7. The van der Waals surface area contributed by atoms with E-state index in [-0.39, 0.29) is 17.4 Å². The molecule has 0 aliphatic carbocycles. The fourth-order valence-electron chi connectivity index (χ4n) is 2.89. The fraction of sp³-hybridized carbons (Fsp3) is 0.375. The molecule has 0 unspecified atom stereocenters. The minimum Gasteiger partial charge on any atom is -0.326 e. The Bertz CT molecular complexity index is 1050. The Hall–Kier alpha value is -3.00. The summed E-state index contributed by atoms with van der Waals surface area (Å²) < 4.78 is 1.65. The Balaban J connectivity index is 1.60. The van der Waals surface area contributed by atoms with E-state index in [1.54, 1.807) is 28.9 Å². The van der Waals surface area contributed by atoms with E-state index >= 15 is 0 Å². The molecule has 1 heterocycles. The van der Waals surface area contributed by atoms with Crippen molar-refractivity contribution in [2.24, 2.45) is 5.41 Å². The van der Waals surface area contributed by atoms with E-state index in [4.69, 9.17) is 0 Å². The normalized spacial score (nSPS) is 11.4. The molecule has 1 aromatic heterocycles. The summed E-state index contributed by atoms with van der Waals surface area (Å²) in [6, 6.07) is 15.1. The van der Waals surface area contributed by atoms with Crippen LogP contribution in [-0.2, 0) is 11.2 Å². The number of anilines is 1. The molecule has 1 amide bonds. The molecular formula is C24H29N5O2S. The topological polar surface area (TPSA) is 89.8 Å². The van der Waals surface area contributed by atoms with Gasteiger partial charge in [0.15, 0.2) is 5.78 Å². The van der Waals surface area contributed by atoms with Gasteiger partial charge < -0.3 is 5.32 Å². The van der Waals surface area contributed by atoms with Crippen LogP contribution in [0.3, 0.4) is 0 Å². The molecule has 0 aliphatic rings. The van der Waals surface area contributed by atoms with Crippen LogP contribution in [0, 0.1) is 5.41 Å². The monoisotopic (exact) mass is 451 g/mol. The summed E-state index contributed by atoms with van der Waals surface area (Å²) in [5.41, 5.74) is 2.91. The van der Waals surface area contributed by atoms with Crippen LogP contribution in [-0.4, -0.2) is 37.7 Å². The van der Waals surface area contributed by atoms with Crippen molar-refractivity contribution in [3.63, 3.8) is 0 Å². The van der Waals surface area contributed by atoms with Crippen LogP contribution in [0.2, 0.25) is 0 Å². The number of nitrogens with zero attached hydrogens (tertiary/aromatic N) is 4. The van der Waals surface area contributed by atoms with Crippen LogP contribution in [0.5, 0.6) is 0 Å². The van der Waals surface area contributed by atoms with Crippen LogP contribution in [0.4, 0.5) is 5.69 Å². The molecular weight excluding hydrogens is 422 g/mol. The zero-order valence-electron chi connectivity index (χ0n) is 19.0. The molecule has 0 fully saturated rings. The number of carbonyl (C=O) groups excluding carboxylic acids is 2. The van der Waals surface area contributed by atoms with Crippen LogP contribution in [0.1, 0.15) is 56.5 Å². The van der Waals surface area contributed by atoms with Crippen molar-refractivity contribution in [3.05, 3.63) is 59.7 Å². The van der Waals surface area contributed by atoms with Gasteiger partial charge in [-0.2, -0.15) is 4.68 Å². The van der Waals surface area contributed by atoms with Gasteiger partial charge in [0, 0.05) is 16.7 Å². The van der Waals surface area contributed by atoms with Gasteiger partial charge in [0.25, 0.3) is 0 Å². The van der Waals surface area contributed by atoms with Crippen molar-refractivity contribution >= 4 is 29.1 Å². The first-order valence-electron chi connectivity index (χ1n) is 10.7. The number of Topliss-reactive ketones (excluding diaryl/α,β-unsaturated/α-hetero) is 1. The molecule has 1 N–H and O–H groups in total. The minimum atomic E-state index is -0.481. The third-order valence-electron chi connectivity index (χ3n) is 4.92. The number of tetrazole rings is 1. The van der Waals surface area contributed by atoms with E-state index < -0.39 is 5.41 Å². The molecule has 3 aromatic rings. The number of nitrogens with one attached hydrogen (secondary N) is 1. The van der Waals surface area contributed by atoms with E-state index in [0.717, 1.165) is 24.9 Å². The van der Waals surface area contributed by atoms with Gasteiger partial charge in [0.05, 0.1) is 11.4 Å². The Morgan fingerprint density at radius 1 is 1.03 bits per heavy atom. The highest BCUT2D eigenvalue weighted by Gasteiger charge is 2.21. The minimum absolute atomic E-state index is 0.0341. The van der Waals surface area contributed by atoms with E-state index in [0.29, 0.717) is 16.4 Å². The maximum Gasteiger partial charge on any atom is 0.229 e. The van der Waals surface area contributed by atoms with Crippen LogP contribution in [0.15, 0.2) is 53.7 Å². The van der Waals surface area contributed by atoms with Gasteiger partial charge in [-0.25, -0.2) is 0 Å². The molecule has 2 aromatic carbocycles. The van der Waals surface area contributed by atoms with Gasteiger partial charge in [-0.05, 0) is 65.2 Å². The molecule has 7 nitrogen and oxygen atoms in total. The maximum atomic E-state index is 12.6. The first-order chi connectivity index (χ1) is 15.3. The van der Waals surface area contributed by atoms with Gasteiger partial charge in [0.2, 0.25) is 11.1 Å². The third-order valence-corrected chi connectivity index (χ3v) is 5.84. The molecule has 8 heteroatoms. The van der Waals surface area contributed by atoms with Crippen molar-refractivity contribution in [1.82, 2.24) is 20.2 Å². The second-order valence-electron chi connectivity index (χ2n) is 8.64. The lowest BCUT2D eigenvalue weighted by Crippen LogP contribution is -2.27. The van der Waals surface area contributed by atoms with E-state index in [9.17, 15) is 9.59 Å². The summed E-state index contributed by atoms with van der Waals surface area (Å²) in [5, 5.41) is 15.3. The molecule has 0 atom stereocenters. The number of rotatable bonds is 9. The third kappa shape index (κ3) is 6.26. The van der Waals surface area contributed by atoms with Crippen LogP contribution in [0.25, 0.3) is 5.69 Å². The Morgan fingerprint density at radius 2 is 1.72 bits per heavy atom. The molecule has 0 saturated heterocycles. The molecule has 32 heavy (non-hydrogen) atoms. The maximum absolute atomic E-state index is 12.6. The van der Waals surface area contributed by atoms with Crippen molar-refractivity contribution < 1.29 is 9.59 Å². The molecule has 168 valence electrons. The zero-order valence-corrected chi connectivity index (χ0v) is 19.8. The highest BCUT2D eigenvalue weighted by Crippen LogP contribution is 2.22. The molecule has 0 radical (unpaired) electrons. The first kappa shape index (κ1) is 23.7. The van der Waals surface area contributed by atoms with Crippen LogP contribution < -0.4 is 5.32 Å². The molecule has 0 spiro atoms. The highest BCUT2D eigenvalue weighted by molar-refractivity contribution is 7.99. The second kappa shape index (κ2) is 10.5. The average Bonchev–Trinajstić information content (AvgIpc) is 3.25. The number of ketones is 1. The number of amides is 1. The van der Waals surface area contributed by atoms with Crippen molar-refractivity contribution in [3.8, 4) is 5.69 Å². The van der Waals surface area contributed by atoms with E-state index in [1.807, 2.05) is 32.9 Å². The number of benzene rings is 2. The zero-order chi connectivity index (χ0) is 23.1. The van der Waals surface area contributed by atoms with Crippen molar-refractivity contribution in [2.45, 2.75) is 52.1 Å². The predicted octanol–water partition coefficient (Wildman–Crippen LogP) is 4.96. The molecule has 0 aliphatic heterocycles. The summed E-state index contributed by atoms with van der Waals surface area (Å²) in [6.45, 7) is 7.74. The number of carbonyl (C=O) groups is 2. The van der Waals surface area contributed by atoms with Gasteiger partial charge in [0.1, 0.15) is 0 Å². The van der Waals surface area contributed by atoms with Gasteiger partial charge >= 0.3 is 0 Å². The van der Waals surface area contributed by atoms with E-state index in [2.05, 4.69) is 39.9 Å². The summed E-state index contributed by atoms with van der Waals surface area (Å²) in [5.74, 6) is 0.105. The smallest absolute Gasteiger partial charge is 0.229 e. The molecule has 0 saturated carbocycles.